The van der Waals surface area contributed by atoms with Crippen LogP contribution in [0.2, 0.25) is 0 Å². The first kappa shape index (κ1) is 17.5. The molecule has 0 aromatic carbocycles. The van der Waals surface area contributed by atoms with E-state index in [-0.39, 0.29) is 24.2 Å². The van der Waals surface area contributed by atoms with Crippen molar-refractivity contribution in [3.05, 3.63) is 0 Å². The summed E-state index contributed by atoms with van der Waals surface area (Å²) in [5, 5.41) is 1.13. The van der Waals surface area contributed by atoms with Gasteiger partial charge in [-0.25, -0.2) is 9.90 Å². The predicted molar refractivity (Wildman–Crippen MR) is 73.5 cm³/mol. The van der Waals surface area contributed by atoms with Crippen molar-refractivity contribution in [1.29, 1.82) is 0 Å². The van der Waals surface area contributed by atoms with Gasteiger partial charge in [-0.1, -0.05) is 13.8 Å². The molecule has 0 N–H and O–H groups in total. The van der Waals surface area contributed by atoms with Crippen LogP contribution in [0.4, 0.5) is 13.2 Å². The lowest BCUT2D eigenvalue weighted by molar-refractivity contribution is -0.321. The Morgan fingerprint density at radius 2 is 2.09 bits per heavy atom. The summed E-state index contributed by atoms with van der Waals surface area (Å²) in [5.41, 5.74) is 0. The molecular formula is C15H24F3NO3. The standard InChI is InChI=1S/C15H24F3NO3/c1-10(2)9-11-12(6-7-15(16,17)18)19(14(11)20)22-13-5-3-4-8-21-13/h10-13H,3-9H2,1-2H3/t11-,12+,13?/m1/s1. The van der Waals surface area contributed by atoms with E-state index in [1.807, 2.05) is 13.8 Å². The number of hydrogen-bond donors (Lipinski definition) is 0. The zero-order chi connectivity index (χ0) is 16.3. The van der Waals surface area contributed by atoms with Gasteiger partial charge in [-0.3, -0.25) is 4.79 Å². The number of carbonyl (C=O) groups is 1. The highest BCUT2D eigenvalue weighted by Gasteiger charge is 2.50. The molecule has 0 bridgehead atoms. The first-order valence-electron chi connectivity index (χ1n) is 7.96. The van der Waals surface area contributed by atoms with Crippen LogP contribution in [0.15, 0.2) is 0 Å². The SMILES string of the molecule is CC(C)C[C@H]1C(=O)N(OC2CCCCO2)[C@H]1CCC(F)(F)F. The summed E-state index contributed by atoms with van der Waals surface area (Å²) in [6.45, 7) is 4.49. The highest BCUT2D eigenvalue weighted by atomic mass is 19.4. The Hall–Kier alpha value is -0.820. The van der Waals surface area contributed by atoms with Crippen LogP contribution in [-0.2, 0) is 14.4 Å². The third-order valence-corrected chi connectivity index (χ3v) is 4.12. The number of alkyl halides is 3. The average Bonchev–Trinajstić information content (AvgIpc) is 2.44. The van der Waals surface area contributed by atoms with Gasteiger partial charge in [-0.05, 0) is 31.6 Å². The third-order valence-electron chi connectivity index (χ3n) is 4.12. The number of hydroxylamine groups is 2. The van der Waals surface area contributed by atoms with E-state index in [4.69, 9.17) is 9.57 Å². The fraction of sp³-hybridized carbons (Fsp3) is 0.933. The molecule has 2 aliphatic heterocycles. The lowest BCUT2D eigenvalue weighted by atomic mass is 9.80. The fourth-order valence-electron chi connectivity index (χ4n) is 3.02. The molecule has 2 aliphatic rings. The van der Waals surface area contributed by atoms with Crippen LogP contribution in [0.3, 0.4) is 0 Å². The zero-order valence-electron chi connectivity index (χ0n) is 13.1. The van der Waals surface area contributed by atoms with Gasteiger partial charge in [0.25, 0.3) is 5.91 Å². The summed E-state index contributed by atoms with van der Waals surface area (Å²) in [6.07, 6.45) is -2.59. The third kappa shape index (κ3) is 4.59. The summed E-state index contributed by atoms with van der Waals surface area (Å²) >= 11 is 0. The normalized spacial score (nSPS) is 29.8. The van der Waals surface area contributed by atoms with E-state index in [0.29, 0.717) is 19.4 Å². The topological polar surface area (TPSA) is 38.8 Å². The Kier molecular flexibility index (Phi) is 5.71. The van der Waals surface area contributed by atoms with Crippen molar-refractivity contribution in [3.8, 4) is 0 Å². The number of carbonyl (C=O) groups excluding carboxylic acids is 1. The number of hydrogen-bond acceptors (Lipinski definition) is 3. The molecule has 22 heavy (non-hydrogen) atoms. The van der Waals surface area contributed by atoms with E-state index in [1.54, 1.807) is 0 Å². The monoisotopic (exact) mass is 323 g/mol. The molecular weight excluding hydrogens is 299 g/mol. The maximum atomic E-state index is 12.5. The molecule has 2 saturated heterocycles. The lowest BCUT2D eigenvalue weighted by Crippen LogP contribution is -2.62. The number of halogens is 3. The summed E-state index contributed by atoms with van der Waals surface area (Å²) in [6, 6.07) is -0.498. The number of ether oxygens (including phenoxy) is 1. The maximum Gasteiger partial charge on any atom is 0.389 e. The van der Waals surface area contributed by atoms with Crippen molar-refractivity contribution in [2.75, 3.05) is 6.61 Å². The lowest BCUT2D eigenvalue weighted by Gasteiger charge is -2.47. The molecule has 0 aromatic rings. The molecule has 0 spiro atoms. The quantitative estimate of drug-likeness (QED) is 0.700. The van der Waals surface area contributed by atoms with Crippen LogP contribution in [-0.4, -0.2) is 36.1 Å². The Balaban J connectivity index is 1.94. The number of β-lactam (4-membered cyclic amide) rings is 1. The van der Waals surface area contributed by atoms with Gasteiger partial charge in [0.2, 0.25) is 0 Å². The highest BCUT2D eigenvalue weighted by Crippen LogP contribution is 2.38. The number of amides is 1. The van der Waals surface area contributed by atoms with Crippen molar-refractivity contribution in [3.63, 3.8) is 0 Å². The van der Waals surface area contributed by atoms with Gasteiger partial charge in [0, 0.05) is 19.4 Å². The average molecular weight is 323 g/mol. The molecule has 7 heteroatoms. The van der Waals surface area contributed by atoms with Crippen molar-refractivity contribution in [2.45, 2.75) is 70.9 Å². The summed E-state index contributed by atoms with van der Waals surface area (Å²) < 4.78 is 42.8. The van der Waals surface area contributed by atoms with E-state index < -0.39 is 24.9 Å². The second kappa shape index (κ2) is 7.17. The van der Waals surface area contributed by atoms with Gasteiger partial charge in [0.15, 0.2) is 6.29 Å². The molecule has 2 rings (SSSR count). The van der Waals surface area contributed by atoms with Crippen LogP contribution < -0.4 is 0 Å². The smallest absolute Gasteiger partial charge is 0.350 e. The predicted octanol–water partition coefficient (Wildman–Crippen LogP) is 3.66. The minimum atomic E-state index is -4.21. The van der Waals surface area contributed by atoms with E-state index in [1.165, 1.54) is 0 Å². The van der Waals surface area contributed by atoms with E-state index in [2.05, 4.69) is 0 Å². The second-order valence-electron chi connectivity index (χ2n) is 6.52. The summed E-state index contributed by atoms with van der Waals surface area (Å²) in [7, 11) is 0. The van der Waals surface area contributed by atoms with Gasteiger partial charge in [0.05, 0.1) is 12.0 Å². The molecule has 1 amide bonds. The van der Waals surface area contributed by atoms with Crippen molar-refractivity contribution in [2.24, 2.45) is 11.8 Å². The molecule has 1 unspecified atom stereocenters. The molecule has 2 fully saturated rings. The van der Waals surface area contributed by atoms with Gasteiger partial charge in [-0.15, -0.1) is 0 Å². The van der Waals surface area contributed by atoms with Crippen molar-refractivity contribution >= 4 is 5.91 Å². The molecule has 128 valence electrons. The molecule has 2 heterocycles. The first-order chi connectivity index (χ1) is 10.3. The minimum Gasteiger partial charge on any atom is -0.350 e. The molecule has 0 saturated carbocycles. The second-order valence-corrected chi connectivity index (χ2v) is 6.52. The van der Waals surface area contributed by atoms with Crippen LogP contribution in [0.25, 0.3) is 0 Å². The molecule has 0 aliphatic carbocycles. The molecule has 0 aromatic heterocycles. The highest BCUT2D eigenvalue weighted by molar-refractivity contribution is 5.84. The van der Waals surface area contributed by atoms with E-state index in [0.717, 1.165) is 17.9 Å². The van der Waals surface area contributed by atoms with Crippen LogP contribution in [0.1, 0.15) is 52.4 Å². The van der Waals surface area contributed by atoms with Gasteiger partial charge in [0.1, 0.15) is 0 Å². The van der Waals surface area contributed by atoms with Crippen LogP contribution in [0, 0.1) is 11.8 Å². The number of nitrogens with zero attached hydrogens (tertiary/aromatic N) is 1. The summed E-state index contributed by atoms with van der Waals surface area (Å²) in [4.78, 5) is 17.7. The Bertz CT molecular complexity index is 381. The Labute approximate surface area is 128 Å². The van der Waals surface area contributed by atoms with Crippen molar-refractivity contribution in [1.82, 2.24) is 5.06 Å². The molecule has 3 atom stereocenters. The van der Waals surface area contributed by atoms with Gasteiger partial charge < -0.3 is 4.74 Å². The fourth-order valence-corrected chi connectivity index (χ4v) is 3.02. The van der Waals surface area contributed by atoms with Crippen LogP contribution >= 0.6 is 0 Å². The van der Waals surface area contributed by atoms with Crippen molar-refractivity contribution < 1.29 is 27.5 Å². The zero-order valence-corrected chi connectivity index (χ0v) is 13.1. The van der Waals surface area contributed by atoms with E-state index >= 15 is 0 Å². The van der Waals surface area contributed by atoms with Crippen LogP contribution in [0.5, 0.6) is 0 Å². The first-order valence-corrected chi connectivity index (χ1v) is 7.96. The van der Waals surface area contributed by atoms with Gasteiger partial charge >= 0.3 is 6.18 Å². The molecule has 4 nitrogen and oxygen atoms in total. The largest absolute Gasteiger partial charge is 0.389 e. The van der Waals surface area contributed by atoms with E-state index in [9.17, 15) is 18.0 Å². The molecule has 0 radical (unpaired) electrons. The Morgan fingerprint density at radius 1 is 1.36 bits per heavy atom. The maximum absolute atomic E-state index is 12.5. The summed E-state index contributed by atoms with van der Waals surface area (Å²) in [5.74, 6) is -0.323. The van der Waals surface area contributed by atoms with Gasteiger partial charge in [-0.2, -0.15) is 13.2 Å². The Morgan fingerprint density at radius 3 is 2.64 bits per heavy atom. The number of rotatable bonds is 6. The minimum absolute atomic E-state index is 0.112.